The minimum Gasteiger partial charge on any atom is -0.497 e. The van der Waals surface area contributed by atoms with E-state index >= 15 is 0 Å². The average molecular weight is 457 g/mol. The first-order valence-electron chi connectivity index (χ1n) is 11.3. The van der Waals surface area contributed by atoms with Crippen LogP contribution in [0.3, 0.4) is 0 Å². The molecule has 1 heterocycles. The molecule has 0 atom stereocenters. The van der Waals surface area contributed by atoms with E-state index in [1.807, 2.05) is 87.5 Å². The minimum absolute atomic E-state index is 0.199. The van der Waals surface area contributed by atoms with Crippen molar-refractivity contribution in [2.24, 2.45) is 4.99 Å². The average Bonchev–Trinajstić information content (AvgIpc) is 3.17. The molecule has 6 heteroatoms. The van der Waals surface area contributed by atoms with Crippen LogP contribution < -0.4 is 19.1 Å². The lowest BCUT2D eigenvalue weighted by atomic mass is 10.1. The van der Waals surface area contributed by atoms with E-state index in [2.05, 4.69) is 0 Å². The lowest BCUT2D eigenvalue weighted by Gasteiger charge is -2.20. The summed E-state index contributed by atoms with van der Waals surface area (Å²) in [6, 6.07) is 20.9. The smallest absolute Gasteiger partial charge is 0.282 e. The van der Waals surface area contributed by atoms with E-state index in [-0.39, 0.29) is 5.91 Å². The Morgan fingerprint density at radius 2 is 1.62 bits per heavy atom. The first-order chi connectivity index (χ1) is 16.5. The zero-order valence-corrected chi connectivity index (χ0v) is 19.9. The first-order valence-corrected chi connectivity index (χ1v) is 11.3. The molecule has 0 saturated carbocycles. The van der Waals surface area contributed by atoms with Crippen LogP contribution >= 0.6 is 0 Å². The normalized spacial score (nSPS) is 14.4. The lowest BCUT2D eigenvalue weighted by Crippen LogP contribution is -2.33. The van der Waals surface area contributed by atoms with Gasteiger partial charge in [-0.3, -0.25) is 9.69 Å². The molecule has 34 heavy (non-hydrogen) atoms. The van der Waals surface area contributed by atoms with Gasteiger partial charge < -0.3 is 14.2 Å². The van der Waals surface area contributed by atoms with Crippen molar-refractivity contribution in [2.45, 2.75) is 20.8 Å². The molecule has 0 spiro atoms. The minimum atomic E-state index is -0.199. The van der Waals surface area contributed by atoms with Crippen LogP contribution in [0.1, 0.15) is 30.5 Å². The standard InChI is InChI=1S/C28H28N2O4/c1-5-33-25-16-11-20(18-26(25)34-6-2)17-24-28(31)30(21-12-14-22(32-4)15-13-21)27(29-24)23-10-8-7-9-19(23)3/h7-18H,5-6H2,1-4H3/b24-17+. The molecule has 0 bridgehead atoms. The van der Waals surface area contributed by atoms with E-state index in [1.165, 1.54) is 0 Å². The highest BCUT2D eigenvalue weighted by atomic mass is 16.5. The van der Waals surface area contributed by atoms with Crippen LogP contribution in [0.25, 0.3) is 6.08 Å². The molecule has 1 aliphatic heterocycles. The maximum atomic E-state index is 13.6. The number of methoxy groups -OCH3 is 1. The molecular formula is C28H28N2O4. The van der Waals surface area contributed by atoms with Gasteiger partial charge in [-0.05, 0) is 74.4 Å². The summed E-state index contributed by atoms with van der Waals surface area (Å²) in [5, 5.41) is 0. The number of carbonyl (C=O) groups is 1. The Bertz CT molecular complexity index is 1250. The van der Waals surface area contributed by atoms with Gasteiger partial charge in [0.15, 0.2) is 11.5 Å². The van der Waals surface area contributed by atoms with Crippen molar-refractivity contribution in [3.8, 4) is 17.2 Å². The predicted octanol–water partition coefficient (Wildman–Crippen LogP) is 5.64. The second-order valence-electron chi connectivity index (χ2n) is 7.69. The van der Waals surface area contributed by atoms with E-state index in [4.69, 9.17) is 19.2 Å². The number of aryl methyl sites for hydroxylation is 1. The monoisotopic (exact) mass is 456 g/mol. The van der Waals surface area contributed by atoms with Crippen LogP contribution in [-0.4, -0.2) is 32.1 Å². The Morgan fingerprint density at radius 1 is 0.912 bits per heavy atom. The Balaban J connectivity index is 1.79. The van der Waals surface area contributed by atoms with Gasteiger partial charge >= 0.3 is 0 Å². The molecule has 1 amide bonds. The highest BCUT2D eigenvalue weighted by molar-refractivity contribution is 6.33. The van der Waals surface area contributed by atoms with Crippen molar-refractivity contribution in [1.82, 2.24) is 0 Å². The van der Waals surface area contributed by atoms with Crippen molar-refractivity contribution >= 4 is 23.5 Å². The fraction of sp³-hybridized carbons (Fsp3) is 0.214. The summed E-state index contributed by atoms with van der Waals surface area (Å²) in [5.41, 5.74) is 3.81. The molecule has 0 radical (unpaired) electrons. The number of anilines is 1. The Hall–Kier alpha value is -4.06. The Morgan fingerprint density at radius 3 is 2.29 bits per heavy atom. The molecule has 3 aromatic rings. The summed E-state index contributed by atoms with van der Waals surface area (Å²) in [4.78, 5) is 20.0. The molecule has 3 aromatic carbocycles. The second kappa shape index (κ2) is 10.3. The zero-order valence-electron chi connectivity index (χ0n) is 19.9. The van der Waals surface area contributed by atoms with Crippen molar-refractivity contribution in [1.29, 1.82) is 0 Å². The lowest BCUT2D eigenvalue weighted by molar-refractivity contribution is -0.113. The number of nitrogens with zero attached hydrogens (tertiary/aromatic N) is 2. The number of hydrogen-bond acceptors (Lipinski definition) is 5. The molecule has 174 valence electrons. The predicted molar refractivity (Wildman–Crippen MR) is 135 cm³/mol. The Labute approximate surface area is 200 Å². The van der Waals surface area contributed by atoms with Crippen LogP contribution in [-0.2, 0) is 4.79 Å². The van der Waals surface area contributed by atoms with Crippen LogP contribution in [0, 0.1) is 6.92 Å². The molecular weight excluding hydrogens is 428 g/mol. The summed E-state index contributed by atoms with van der Waals surface area (Å²) in [6.45, 7) is 6.92. The van der Waals surface area contributed by atoms with Gasteiger partial charge in [0, 0.05) is 5.56 Å². The number of rotatable bonds is 8. The van der Waals surface area contributed by atoms with E-state index in [1.54, 1.807) is 18.1 Å². The number of benzene rings is 3. The molecule has 0 unspecified atom stereocenters. The van der Waals surface area contributed by atoms with Crippen molar-refractivity contribution in [3.05, 3.63) is 89.1 Å². The third-order valence-corrected chi connectivity index (χ3v) is 5.45. The van der Waals surface area contributed by atoms with Crippen LogP contribution in [0.2, 0.25) is 0 Å². The molecule has 6 nitrogen and oxygen atoms in total. The molecule has 1 aliphatic rings. The number of hydrogen-bond donors (Lipinski definition) is 0. The maximum Gasteiger partial charge on any atom is 0.282 e. The van der Waals surface area contributed by atoms with Crippen LogP contribution in [0.4, 0.5) is 5.69 Å². The SMILES string of the molecule is CCOc1ccc(/C=C2/N=C(c3ccccc3C)N(c3ccc(OC)cc3)C2=O)cc1OCC. The summed E-state index contributed by atoms with van der Waals surface area (Å²) in [5.74, 6) is 2.43. The van der Waals surface area contributed by atoms with Gasteiger partial charge in [-0.15, -0.1) is 0 Å². The molecule has 0 N–H and O–H groups in total. The zero-order chi connectivity index (χ0) is 24.1. The van der Waals surface area contributed by atoms with Gasteiger partial charge in [-0.1, -0.05) is 30.3 Å². The summed E-state index contributed by atoms with van der Waals surface area (Å²) in [7, 11) is 1.62. The van der Waals surface area contributed by atoms with Gasteiger partial charge in [0.1, 0.15) is 17.3 Å². The quantitative estimate of drug-likeness (QED) is 0.412. The van der Waals surface area contributed by atoms with Gasteiger partial charge in [0.2, 0.25) is 0 Å². The fourth-order valence-electron chi connectivity index (χ4n) is 3.81. The number of amides is 1. The van der Waals surface area contributed by atoms with Gasteiger partial charge in [0.05, 0.1) is 26.0 Å². The van der Waals surface area contributed by atoms with E-state index < -0.39 is 0 Å². The van der Waals surface area contributed by atoms with Crippen molar-refractivity contribution in [2.75, 3.05) is 25.2 Å². The second-order valence-corrected chi connectivity index (χ2v) is 7.69. The van der Waals surface area contributed by atoms with Gasteiger partial charge in [0.25, 0.3) is 5.91 Å². The fourth-order valence-corrected chi connectivity index (χ4v) is 3.81. The summed E-state index contributed by atoms with van der Waals surface area (Å²) >= 11 is 0. The largest absolute Gasteiger partial charge is 0.497 e. The topological polar surface area (TPSA) is 60.4 Å². The van der Waals surface area contributed by atoms with Crippen molar-refractivity contribution in [3.63, 3.8) is 0 Å². The van der Waals surface area contributed by atoms with Crippen LogP contribution in [0.5, 0.6) is 17.2 Å². The highest BCUT2D eigenvalue weighted by Gasteiger charge is 2.33. The van der Waals surface area contributed by atoms with E-state index in [0.29, 0.717) is 36.2 Å². The van der Waals surface area contributed by atoms with Gasteiger partial charge in [-0.25, -0.2) is 4.99 Å². The molecule has 4 rings (SSSR count). The number of ether oxygens (including phenoxy) is 3. The van der Waals surface area contributed by atoms with E-state index in [0.717, 1.165) is 28.1 Å². The van der Waals surface area contributed by atoms with Crippen molar-refractivity contribution < 1.29 is 19.0 Å². The van der Waals surface area contributed by atoms with E-state index in [9.17, 15) is 4.79 Å². The van der Waals surface area contributed by atoms with Gasteiger partial charge in [-0.2, -0.15) is 0 Å². The molecule has 0 fully saturated rings. The third kappa shape index (κ3) is 4.66. The third-order valence-electron chi connectivity index (χ3n) is 5.45. The first kappa shape index (κ1) is 23.1. The number of carbonyl (C=O) groups excluding carboxylic acids is 1. The van der Waals surface area contributed by atoms with Crippen LogP contribution in [0.15, 0.2) is 77.4 Å². The molecule has 0 saturated heterocycles. The highest BCUT2D eigenvalue weighted by Crippen LogP contribution is 2.32. The summed E-state index contributed by atoms with van der Waals surface area (Å²) < 4.78 is 16.7. The number of amidine groups is 1. The number of aliphatic imine (C=N–C) groups is 1. The molecule has 0 aromatic heterocycles. The summed E-state index contributed by atoms with van der Waals surface area (Å²) in [6.07, 6.45) is 1.78. The maximum absolute atomic E-state index is 13.6. The molecule has 0 aliphatic carbocycles. The Kier molecular flexibility index (Phi) is 6.97.